The Morgan fingerprint density at radius 2 is 0.810 bits per heavy atom. The van der Waals surface area contributed by atoms with Crippen LogP contribution >= 0.6 is 0 Å². The SMILES string of the molecule is C1=CCCC(N(c2ccccc2)C2C=CC(N(C3=CC=C(N(c4ccccc4)c4ccccc4)CC3)c3ccc(N(c4ccccc4)c4ccccc4)cc3)=CC2)=C1. The molecule has 3 aliphatic rings. The van der Waals surface area contributed by atoms with E-state index < -0.39 is 0 Å². The summed E-state index contributed by atoms with van der Waals surface area (Å²) in [5.41, 5.74) is 13.2. The fourth-order valence-electron chi connectivity index (χ4n) is 8.36. The minimum atomic E-state index is 0.218. The van der Waals surface area contributed by atoms with Gasteiger partial charge in [-0.15, -0.1) is 0 Å². The van der Waals surface area contributed by atoms with Crippen molar-refractivity contribution in [1.82, 2.24) is 0 Å². The van der Waals surface area contributed by atoms with Crippen LogP contribution in [0.1, 0.15) is 32.1 Å². The first-order valence-corrected chi connectivity index (χ1v) is 20.5. The highest BCUT2D eigenvalue weighted by Crippen LogP contribution is 2.40. The lowest BCUT2D eigenvalue weighted by Crippen LogP contribution is -2.35. The first kappa shape index (κ1) is 36.6. The van der Waals surface area contributed by atoms with Gasteiger partial charge in [0.25, 0.3) is 0 Å². The van der Waals surface area contributed by atoms with Gasteiger partial charge >= 0.3 is 0 Å². The molecule has 3 aliphatic carbocycles. The number of nitrogens with zero attached hydrogens (tertiary/aromatic N) is 4. The highest BCUT2D eigenvalue weighted by molar-refractivity contribution is 5.78. The molecule has 0 fully saturated rings. The van der Waals surface area contributed by atoms with E-state index in [1.165, 1.54) is 39.9 Å². The van der Waals surface area contributed by atoms with Crippen molar-refractivity contribution in [2.24, 2.45) is 0 Å². The molecule has 4 heteroatoms. The Hall–Kier alpha value is -7.04. The summed E-state index contributed by atoms with van der Waals surface area (Å²) in [5.74, 6) is 0. The van der Waals surface area contributed by atoms with Gasteiger partial charge in [0.1, 0.15) is 0 Å². The summed E-state index contributed by atoms with van der Waals surface area (Å²) in [7, 11) is 0. The molecule has 0 aliphatic heterocycles. The molecule has 1 unspecified atom stereocenters. The van der Waals surface area contributed by atoms with Gasteiger partial charge in [-0.2, -0.15) is 0 Å². The van der Waals surface area contributed by atoms with Crippen LogP contribution in [-0.4, -0.2) is 6.04 Å². The third kappa shape index (κ3) is 7.96. The molecule has 284 valence electrons. The molecule has 0 radical (unpaired) electrons. The molecule has 0 N–H and O–H groups in total. The fraction of sp³-hybridized carbons (Fsp3) is 0.111. The Bertz CT molecular complexity index is 2390. The summed E-state index contributed by atoms with van der Waals surface area (Å²) in [6.07, 6.45) is 23.4. The molecule has 0 heterocycles. The van der Waals surface area contributed by atoms with Gasteiger partial charge in [-0.1, -0.05) is 115 Å². The van der Waals surface area contributed by atoms with E-state index in [1.807, 2.05) is 0 Å². The molecule has 1 atom stereocenters. The third-order valence-electron chi connectivity index (χ3n) is 11.1. The topological polar surface area (TPSA) is 13.0 Å². The van der Waals surface area contributed by atoms with Crippen molar-refractivity contribution in [2.75, 3.05) is 19.6 Å². The summed E-state index contributed by atoms with van der Waals surface area (Å²) in [5, 5.41) is 0. The summed E-state index contributed by atoms with van der Waals surface area (Å²) in [6.45, 7) is 0. The van der Waals surface area contributed by atoms with Crippen LogP contribution < -0.4 is 19.6 Å². The van der Waals surface area contributed by atoms with Gasteiger partial charge in [0, 0.05) is 62.6 Å². The normalized spacial score (nSPS) is 16.0. The smallest absolute Gasteiger partial charge is 0.0558 e. The van der Waals surface area contributed by atoms with Crippen molar-refractivity contribution in [3.05, 3.63) is 247 Å². The predicted molar refractivity (Wildman–Crippen MR) is 245 cm³/mol. The summed E-state index contributed by atoms with van der Waals surface area (Å²) in [6, 6.07) is 62.8. The van der Waals surface area contributed by atoms with Crippen LogP contribution in [0, 0.1) is 0 Å². The third-order valence-corrected chi connectivity index (χ3v) is 11.1. The monoisotopic (exact) mass is 752 g/mol. The molecule has 6 aromatic carbocycles. The molecule has 0 aromatic heterocycles. The van der Waals surface area contributed by atoms with E-state index in [9.17, 15) is 0 Å². The molecular weight excluding hydrogens is 705 g/mol. The maximum absolute atomic E-state index is 2.53. The summed E-state index contributed by atoms with van der Waals surface area (Å²) >= 11 is 0. The van der Waals surface area contributed by atoms with E-state index in [-0.39, 0.29) is 6.04 Å². The van der Waals surface area contributed by atoms with E-state index in [2.05, 4.69) is 244 Å². The number of benzene rings is 6. The van der Waals surface area contributed by atoms with Crippen molar-refractivity contribution in [1.29, 1.82) is 0 Å². The van der Waals surface area contributed by atoms with E-state index in [4.69, 9.17) is 0 Å². The van der Waals surface area contributed by atoms with Crippen LogP contribution in [0.25, 0.3) is 0 Å². The number of hydrogen-bond donors (Lipinski definition) is 0. The van der Waals surface area contributed by atoms with Crippen molar-refractivity contribution >= 4 is 39.8 Å². The van der Waals surface area contributed by atoms with E-state index in [0.717, 1.165) is 54.9 Å². The Morgan fingerprint density at radius 1 is 0.379 bits per heavy atom. The zero-order valence-corrected chi connectivity index (χ0v) is 32.8. The lowest BCUT2D eigenvalue weighted by Gasteiger charge is -2.38. The quantitative estimate of drug-likeness (QED) is 0.123. The van der Waals surface area contributed by atoms with Crippen LogP contribution in [0.5, 0.6) is 0 Å². The van der Waals surface area contributed by atoms with Gasteiger partial charge in [0.05, 0.1) is 6.04 Å². The summed E-state index contributed by atoms with van der Waals surface area (Å²) in [4.78, 5) is 9.73. The number of hydrogen-bond acceptors (Lipinski definition) is 4. The molecule has 0 spiro atoms. The van der Waals surface area contributed by atoms with Gasteiger partial charge in [-0.25, -0.2) is 0 Å². The van der Waals surface area contributed by atoms with Crippen LogP contribution in [0.4, 0.5) is 39.8 Å². The minimum absolute atomic E-state index is 0.218. The average Bonchev–Trinajstić information content (AvgIpc) is 3.30. The number of para-hydroxylation sites is 5. The second-order valence-electron chi connectivity index (χ2n) is 14.8. The second kappa shape index (κ2) is 17.4. The number of anilines is 7. The molecular formula is C54H48N4. The fourth-order valence-corrected chi connectivity index (χ4v) is 8.36. The Labute approximate surface area is 343 Å². The highest BCUT2D eigenvalue weighted by Gasteiger charge is 2.27. The molecule has 4 nitrogen and oxygen atoms in total. The molecule has 9 rings (SSSR count). The van der Waals surface area contributed by atoms with Crippen LogP contribution in [0.15, 0.2) is 247 Å². The molecule has 0 saturated carbocycles. The highest BCUT2D eigenvalue weighted by atomic mass is 15.2. The number of rotatable bonds is 12. The van der Waals surface area contributed by atoms with Crippen LogP contribution in [0.2, 0.25) is 0 Å². The molecule has 0 amide bonds. The van der Waals surface area contributed by atoms with Gasteiger partial charge in [0.2, 0.25) is 0 Å². The summed E-state index contributed by atoms with van der Waals surface area (Å²) < 4.78 is 0. The Morgan fingerprint density at radius 3 is 1.24 bits per heavy atom. The van der Waals surface area contributed by atoms with E-state index in [1.54, 1.807) is 0 Å². The van der Waals surface area contributed by atoms with Crippen molar-refractivity contribution in [2.45, 2.75) is 38.1 Å². The van der Waals surface area contributed by atoms with Crippen LogP contribution in [0.3, 0.4) is 0 Å². The van der Waals surface area contributed by atoms with Gasteiger partial charge < -0.3 is 19.6 Å². The first-order chi connectivity index (χ1) is 28.8. The standard InChI is InChI=1S/C54H48N4/c1-7-19-43(20-8-1)55(44-21-9-2-10-22-44)49-31-37-52(38-32-49)58(53-39-33-50(34-40-53)56(45-23-11-3-12-24-45)46-25-13-4-14-26-46)54-41-35-51(36-42-54)57(47-27-15-5-16-28-47)48-29-17-6-18-30-48/h1-17,19-29,31-33,35,37-39,41-42,51H,18,30,34,36,40H2. The largest absolute Gasteiger partial charge is 0.338 e. The molecule has 0 saturated heterocycles. The van der Waals surface area contributed by atoms with Gasteiger partial charge in [0.15, 0.2) is 0 Å². The molecule has 0 bridgehead atoms. The van der Waals surface area contributed by atoms with Crippen molar-refractivity contribution in [3.8, 4) is 0 Å². The first-order valence-electron chi connectivity index (χ1n) is 20.5. The van der Waals surface area contributed by atoms with Crippen LogP contribution in [-0.2, 0) is 0 Å². The molecule has 6 aromatic rings. The maximum Gasteiger partial charge on any atom is 0.0558 e. The predicted octanol–water partition coefficient (Wildman–Crippen LogP) is 14.3. The zero-order valence-electron chi connectivity index (χ0n) is 32.8. The second-order valence-corrected chi connectivity index (χ2v) is 14.8. The van der Waals surface area contributed by atoms with Gasteiger partial charge in [-0.05, 0) is 141 Å². The Balaban J connectivity index is 1.09. The number of allylic oxidation sites excluding steroid dienone is 9. The zero-order chi connectivity index (χ0) is 38.9. The lowest BCUT2D eigenvalue weighted by atomic mass is 9.98. The van der Waals surface area contributed by atoms with E-state index >= 15 is 0 Å². The Kier molecular flexibility index (Phi) is 11.0. The van der Waals surface area contributed by atoms with Gasteiger partial charge in [-0.3, -0.25) is 0 Å². The van der Waals surface area contributed by atoms with Crippen molar-refractivity contribution < 1.29 is 0 Å². The van der Waals surface area contributed by atoms with E-state index in [0.29, 0.717) is 0 Å². The maximum atomic E-state index is 2.53. The average molecular weight is 753 g/mol. The minimum Gasteiger partial charge on any atom is -0.338 e. The van der Waals surface area contributed by atoms with Crippen molar-refractivity contribution in [3.63, 3.8) is 0 Å². The molecule has 58 heavy (non-hydrogen) atoms. The lowest BCUT2D eigenvalue weighted by molar-refractivity contribution is 0.713.